The van der Waals surface area contributed by atoms with Crippen molar-refractivity contribution in [3.63, 3.8) is 0 Å². The van der Waals surface area contributed by atoms with Gasteiger partial charge in [-0.05, 0) is 45.4 Å². The molecule has 3 N–H and O–H groups in total. The van der Waals surface area contributed by atoms with E-state index >= 15 is 0 Å². The number of nitrogens with zero attached hydrogens (tertiary/aromatic N) is 2. The van der Waals surface area contributed by atoms with E-state index in [1.54, 1.807) is 27.0 Å². The number of benzene rings is 1. The van der Waals surface area contributed by atoms with Gasteiger partial charge < -0.3 is 20.7 Å². The zero-order chi connectivity index (χ0) is 22.1. The number of amides is 1. The van der Waals surface area contributed by atoms with E-state index < -0.39 is 0 Å². The number of hydrogen-bond acceptors (Lipinski definition) is 6. The van der Waals surface area contributed by atoms with Crippen LogP contribution in [0.25, 0.3) is 0 Å². The first-order valence-corrected chi connectivity index (χ1v) is 10.7. The molecule has 1 unspecified atom stereocenters. The van der Waals surface area contributed by atoms with E-state index in [-0.39, 0.29) is 17.9 Å². The Balaban J connectivity index is 2.00. The Bertz CT molecular complexity index is 910. The van der Waals surface area contributed by atoms with Gasteiger partial charge in [0.2, 0.25) is 0 Å². The Hall–Kier alpha value is -2.94. The van der Waals surface area contributed by atoms with E-state index in [9.17, 15) is 9.59 Å². The number of hydrogen-bond donors (Lipinski definition) is 3. The second-order valence-corrected chi connectivity index (χ2v) is 7.57. The fourth-order valence-electron chi connectivity index (χ4n) is 2.72. The van der Waals surface area contributed by atoms with Gasteiger partial charge in [-0.3, -0.25) is 9.79 Å². The Morgan fingerprint density at radius 3 is 2.70 bits per heavy atom. The van der Waals surface area contributed by atoms with E-state index in [1.165, 1.54) is 11.3 Å². The first-order chi connectivity index (χ1) is 14.4. The molecule has 1 aromatic carbocycles. The van der Waals surface area contributed by atoms with Gasteiger partial charge in [0.1, 0.15) is 9.88 Å². The molecular weight excluding hydrogens is 402 g/mol. The van der Waals surface area contributed by atoms with Crippen LogP contribution < -0.4 is 16.0 Å². The van der Waals surface area contributed by atoms with Gasteiger partial charge in [0, 0.05) is 25.7 Å². The second-order valence-electron chi connectivity index (χ2n) is 6.54. The highest BCUT2D eigenvalue weighted by Gasteiger charge is 2.20. The number of aliphatic imine (C=N–C) groups is 1. The van der Waals surface area contributed by atoms with E-state index in [0.29, 0.717) is 41.8 Å². The van der Waals surface area contributed by atoms with Crippen LogP contribution in [0, 0.1) is 6.92 Å². The van der Waals surface area contributed by atoms with Crippen molar-refractivity contribution < 1.29 is 14.3 Å². The molecular formula is C21H29N5O3S. The van der Waals surface area contributed by atoms with E-state index in [1.807, 2.05) is 32.0 Å². The molecule has 1 atom stereocenters. The summed E-state index contributed by atoms with van der Waals surface area (Å²) in [5.74, 6) is 0.156. The topological polar surface area (TPSA) is 105 Å². The van der Waals surface area contributed by atoms with Crippen molar-refractivity contribution >= 4 is 29.2 Å². The Kier molecular flexibility index (Phi) is 8.79. The van der Waals surface area contributed by atoms with Crippen LogP contribution in [0.3, 0.4) is 0 Å². The molecule has 0 bridgehead atoms. The lowest BCUT2D eigenvalue weighted by Gasteiger charge is -2.16. The average molecular weight is 432 g/mol. The molecule has 0 radical (unpaired) electrons. The number of nitrogens with one attached hydrogen (secondary N) is 3. The minimum absolute atomic E-state index is 0.0907. The van der Waals surface area contributed by atoms with Gasteiger partial charge in [0.05, 0.1) is 18.3 Å². The van der Waals surface area contributed by atoms with E-state index in [0.717, 1.165) is 10.6 Å². The highest BCUT2D eigenvalue weighted by Crippen LogP contribution is 2.24. The van der Waals surface area contributed by atoms with Gasteiger partial charge >= 0.3 is 5.97 Å². The van der Waals surface area contributed by atoms with Crippen molar-refractivity contribution in [2.45, 2.75) is 40.3 Å². The summed E-state index contributed by atoms with van der Waals surface area (Å²) >= 11 is 1.32. The third kappa shape index (κ3) is 6.28. The van der Waals surface area contributed by atoms with Crippen molar-refractivity contribution in [3.05, 3.63) is 51.0 Å². The zero-order valence-corrected chi connectivity index (χ0v) is 18.9. The van der Waals surface area contributed by atoms with Crippen molar-refractivity contribution in [1.29, 1.82) is 0 Å². The molecule has 8 nitrogen and oxygen atoms in total. The number of rotatable bonds is 8. The van der Waals surface area contributed by atoms with E-state index in [2.05, 4.69) is 25.9 Å². The summed E-state index contributed by atoms with van der Waals surface area (Å²) in [6.07, 6.45) is 0. The van der Waals surface area contributed by atoms with Gasteiger partial charge in [0.15, 0.2) is 5.96 Å². The maximum atomic E-state index is 12.0. The molecule has 0 aliphatic heterocycles. The van der Waals surface area contributed by atoms with Gasteiger partial charge in [-0.1, -0.05) is 12.1 Å². The standard InChI is InChI=1S/C21H29N5O3S/c1-6-23-18(27)16-10-8-9-15(11-16)12-24-21(22-5)26-14(4)19-25-13(3)17(30-19)20(28)29-7-2/h8-11,14H,6-7,12H2,1-5H3,(H,23,27)(H2,22,24,26). The Labute approximate surface area is 181 Å². The molecule has 0 saturated carbocycles. The molecule has 30 heavy (non-hydrogen) atoms. The molecule has 0 saturated heterocycles. The minimum Gasteiger partial charge on any atom is -0.462 e. The molecule has 0 aliphatic carbocycles. The number of carbonyl (C=O) groups excluding carboxylic acids is 2. The quantitative estimate of drug-likeness (QED) is 0.337. The second kappa shape index (κ2) is 11.3. The first-order valence-electron chi connectivity index (χ1n) is 9.88. The number of ether oxygens (including phenoxy) is 1. The fraction of sp³-hybridized carbons (Fsp3) is 0.429. The normalized spacial score (nSPS) is 12.2. The lowest BCUT2D eigenvalue weighted by atomic mass is 10.1. The third-order valence-electron chi connectivity index (χ3n) is 4.21. The minimum atomic E-state index is -0.347. The lowest BCUT2D eigenvalue weighted by molar-refractivity contribution is 0.0531. The SMILES string of the molecule is CCNC(=O)c1cccc(CNC(=NC)NC(C)c2nc(C)c(C(=O)OCC)s2)c1. The summed E-state index contributed by atoms with van der Waals surface area (Å²) in [6.45, 7) is 8.84. The monoisotopic (exact) mass is 431 g/mol. The van der Waals surface area contributed by atoms with Gasteiger partial charge in [-0.15, -0.1) is 11.3 Å². The summed E-state index contributed by atoms with van der Waals surface area (Å²) in [5, 5.41) is 10.1. The zero-order valence-electron chi connectivity index (χ0n) is 18.0. The summed E-state index contributed by atoms with van der Waals surface area (Å²) in [7, 11) is 1.68. The van der Waals surface area contributed by atoms with Crippen LogP contribution in [-0.4, -0.2) is 43.0 Å². The van der Waals surface area contributed by atoms with Gasteiger partial charge in [-0.2, -0.15) is 0 Å². The van der Waals surface area contributed by atoms with E-state index in [4.69, 9.17) is 4.74 Å². The number of thiazole rings is 1. The Morgan fingerprint density at radius 1 is 1.27 bits per heavy atom. The molecule has 2 rings (SSSR count). The van der Waals surface area contributed by atoms with Gasteiger partial charge in [0.25, 0.3) is 5.91 Å². The van der Waals surface area contributed by atoms with Crippen molar-refractivity contribution in [2.24, 2.45) is 4.99 Å². The maximum absolute atomic E-state index is 12.0. The predicted molar refractivity (Wildman–Crippen MR) is 119 cm³/mol. The average Bonchev–Trinajstić information content (AvgIpc) is 3.13. The lowest BCUT2D eigenvalue weighted by Crippen LogP contribution is -2.38. The van der Waals surface area contributed by atoms with Crippen molar-refractivity contribution in [1.82, 2.24) is 20.9 Å². The number of carbonyl (C=O) groups is 2. The molecule has 0 aliphatic rings. The smallest absolute Gasteiger partial charge is 0.350 e. The van der Waals surface area contributed by atoms with Crippen LogP contribution in [0.1, 0.15) is 63.1 Å². The highest BCUT2D eigenvalue weighted by atomic mass is 32.1. The summed E-state index contributed by atoms with van der Waals surface area (Å²) in [6, 6.07) is 7.29. The molecule has 1 heterocycles. The fourth-order valence-corrected chi connectivity index (χ4v) is 3.68. The first kappa shape index (κ1) is 23.3. The molecule has 0 fully saturated rings. The molecule has 162 valence electrons. The van der Waals surface area contributed by atoms with Crippen LogP contribution in [0.5, 0.6) is 0 Å². The molecule has 9 heteroatoms. The number of esters is 1. The Morgan fingerprint density at radius 2 is 2.03 bits per heavy atom. The highest BCUT2D eigenvalue weighted by molar-refractivity contribution is 7.13. The number of guanidine groups is 1. The van der Waals surface area contributed by atoms with Gasteiger partial charge in [-0.25, -0.2) is 9.78 Å². The summed E-state index contributed by atoms with van der Waals surface area (Å²) in [5.41, 5.74) is 2.24. The number of aromatic nitrogens is 1. The molecule has 1 amide bonds. The van der Waals surface area contributed by atoms with Crippen LogP contribution in [0.2, 0.25) is 0 Å². The molecule has 0 spiro atoms. The molecule has 2 aromatic rings. The summed E-state index contributed by atoms with van der Waals surface area (Å²) in [4.78, 5) is 33.3. The molecule has 1 aromatic heterocycles. The predicted octanol–water partition coefficient (Wildman–Crippen LogP) is 2.80. The maximum Gasteiger partial charge on any atom is 0.350 e. The summed E-state index contributed by atoms with van der Waals surface area (Å²) < 4.78 is 5.08. The van der Waals surface area contributed by atoms with Crippen molar-refractivity contribution in [2.75, 3.05) is 20.2 Å². The van der Waals surface area contributed by atoms with Crippen LogP contribution in [0.4, 0.5) is 0 Å². The number of aryl methyl sites for hydroxylation is 1. The third-order valence-corrected chi connectivity index (χ3v) is 5.53. The van der Waals surface area contributed by atoms with Crippen LogP contribution in [0.15, 0.2) is 29.3 Å². The van der Waals surface area contributed by atoms with Crippen LogP contribution in [-0.2, 0) is 11.3 Å². The van der Waals surface area contributed by atoms with Crippen molar-refractivity contribution in [3.8, 4) is 0 Å². The largest absolute Gasteiger partial charge is 0.462 e. The van der Waals surface area contributed by atoms with Crippen LogP contribution >= 0.6 is 11.3 Å².